The lowest BCUT2D eigenvalue weighted by atomic mass is 10.00. The molecule has 2 aromatic heterocycles. The summed E-state index contributed by atoms with van der Waals surface area (Å²) in [7, 11) is 0. The van der Waals surface area contributed by atoms with Crippen LogP contribution in [0, 0.1) is 13.8 Å². The number of ether oxygens (including phenoxy) is 1. The average Bonchev–Trinajstić information content (AvgIpc) is 3.38. The smallest absolute Gasteiger partial charge is 0.374 e. The molecule has 2 aliphatic rings. The molecule has 3 N–H and O–H groups in total. The molecule has 5 rings (SSSR count). The Balaban J connectivity index is 1.50. The molecule has 0 unspecified atom stereocenters. The number of morpholine rings is 1. The maximum atomic E-state index is 13.3. The first-order valence-electron chi connectivity index (χ1n) is 10.4. The van der Waals surface area contributed by atoms with Gasteiger partial charge in [-0.1, -0.05) is 12.1 Å². The summed E-state index contributed by atoms with van der Waals surface area (Å²) >= 11 is 0. The number of alkyl halides is 3. The molecular weight excluding hydrogens is 421 g/mol. The fourth-order valence-electron chi connectivity index (χ4n) is 4.63. The molecule has 0 spiro atoms. The number of anilines is 2. The highest BCUT2D eigenvalue weighted by molar-refractivity contribution is 5.94. The highest BCUT2D eigenvalue weighted by atomic mass is 19.4. The van der Waals surface area contributed by atoms with E-state index in [0.717, 1.165) is 35.6 Å². The van der Waals surface area contributed by atoms with Crippen LogP contribution in [0.15, 0.2) is 30.5 Å². The molecule has 168 valence electrons. The summed E-state index contributed by atoms with van der Waals surface area (Å²) in [6.07, 6.45) is -2.38. The summed E-state index contributed by atoms with van der Waals surface area (Å²) in [5.41, 5.74) is 6.72. The SMILES string of the molecule is Cc1c([C@@H](N)Nc2nnc(C)c3cnc(N4C[C@@H]5C[C@H]4CO5)cc23)cccc1C(F)(F)F. The van der Waals surface area contributed by atoms with Gasteiger partial charge in [0, 0.05) is 23.5 Å². The van der Waals surface area contributed by atoms with Crippen LogP contribution in [0.2, 0.25) is 0 Å². The van der Waals surface area contributed by atoms with Gasteiger partial charge in [0.2, 0.25) is 0 Å². The Hall–Kier alpha value is -2.98. The number of nitrogens with two attached hydrogens (primary N) is 1. The van der Waals surface area contributed by atoms with Gasteiger partial charge in [0.05, 0.1) is 30.0 Å². The van der Waals surface area contributed by atoms with Gasteiger partial charge in [0.1, 0.15) is 12.0 Å². The van der Waals surface area contributed by atoms with Crippen LogP contribution in [0.25, 0.3) is 10.8 Å². The summed E-state index contributed by atoms with van der Waals surface area (Å²) in [6.45, 7) is 4.73. The third kappa shape index (κ3) is 3.53. The third-order valence-corrected chi connectivity index (χ3v) is 6.34. The number of aryl methyl sites for hydroxylation is 1. The normalized spacial score (nSPS) is 21.4. The van der Waals surface area contributed by atoms with Crippen molar-refractivity contribution in [3.63, 3.8) is 0 Å². The van der Waals surface area contributed by atoms with Crippen LogP contribution in [0.4, 0.5) is 24.8 Å². The quantitative estimate of drug-likeness (QED) is 0.593. The minimum atomic E-state index is -4.45. The number of hydrogen-bond donors (Lipinski definition) is 2. The summed E-state index contributed by atoms with van der Waals surface area (Å²) in [5, 5.41) is 13.1. The number of nitrogens with one attached hydrogen (secondary N) is 1. The average molecular weight is 444 g/mol. The van der Waals surface area contributed by atoms with Gasteiger partial charge in [-0.2, -0.15) is 18.3 Å². The molecular formula is C22H23F3N6O. The number of aromatic nitrogens is 3. The zero-order chi connectivity index (χ0) is 22.6. The largest absolute Gasteiger partial charge is 0.416 e. The van der Waals surface area contributed by atoms with Gasteiger partial charge in [-0.25, -0.2) is 4.98 Å². The lowest BCUT2D eigenvalue weighted by Crippen LogP contribution is -2.37. The zero-order valence-corrected chi connectivity index (χ0v) is 17.6. The monoisotopic (exact) mass is 444 g/mol. The second kappa shape index (κ2) is 7.56. The van der Waals surface area contributed by atoms with E-state index in [0.29, 0.717) is 29.7 Å². The third-order valence-electron chi connectivity index (χ3n) is 6.34. The number of nitrogens with zero attached hydrogens (tertiary/aromatic N) is 4. The number of benzene rings is 1. The lowest BCUT2D eigenvalue weighted by Gasteiger charge is -2.28. The number of hydrogen-bond acceptors (Lipinski definition) is 7. The molecule has 2 bridgehead atoms. The number of halogens is 3. The summed E-state index contributed by atoms with van der Waals surface area (Å²) in [6, 6.07) is 6.23. The van der Waals surface area contributed by atoms with Gasteiger partial charge in [-0.15, -0.1) is 5.10 Å². The summed E-state index contributed by atoms with van der Waals surface area (Å²) in [4.78, 5) is 6.84. The number of fused-ring (bicyclic) bond motifs is 3. The van der Waals surface area contributed by atoms with Crippen molar-refractivity contribution in [2.75, 3.05) is 23.4 Å². The van der Waals surface area contributed by atoms with Gasteiger partial charge in [-0.05, 0) is 43.5 Å². The molecule has 1 aromatic carbocycles. The molecule has 2 aliphatic heterocycles. The Morgan fingerprint density at radius 2 is 2.03 bits per heavy atom. The highest BCUT2D eigenvalue weighted by Crippen LogP contribution is 2.36. The fourth-order valence-corrected chi connectivity index (χ4v) is 4.63. The standard InChI is InChI=1S/C22H23F3N6O/c1-11-15(4-3-5-18(11)22(23,24)25)20(26)28-21-16-7-19(27-8-17(16)12(2)29-30-21)31-9-14-6-13(31)10-32-14/h3-5,7-8,13-14,20H,6,9-10,26H2,1-2H3,(H,28,30)/t13-,14-,20-/m0/s1. The van der Waals surface area contributed by atoms with E-state index < -0.39 is 17.9 Å². The Morgan fingerprint density at radius 1 is 1.22 bits per heavy atom. The van der Waals surface area contributed by atoms with Gasteiger partial charge in [0.15, 0.2) is 5.82 Å². The molecule has 7 nitrogen and oxygen atoms in total. The number of pyridine rings is 1. The molecule has 3 aromatic rings. The fraction of sp³-hybridized carbons (Fsp3) is 0.409. The Bertz CT molecular complexity index is 1180. The molecule has 3 atom stereocenters. The topological polar surface area (TPSA) is 89.2 Å². The van der Waals surface area contributed by atoms with E-state index >= 15 is 0 Å². The van der Waals surface area contributed by atoms with Crippen LogP contribution in [-0.4, -0.2) is 40.5 Å². The van der Waals surface area contributed by atoms with Crippen molar-refractivity contribution in [3.05, 3.63) is 52.8 Å². The van der Waals surface area contributed by atoms with E-state index in [4.69, 9.17) is 10.5 Å². The van der Waals surface area contributed by atoms with Crippen molar-refractivity contribution >= 4 is 22.4 Å². The number of rotatable bonds is 4. The lowest BCUT2D eigenvalue weighted by molar-refractivity contribution is -0.138. The van der Waals surface area contributed by atoms with Crippen LogP contribution in [0.5, 0.6) is 0 Å². The second-order valence-corrected chi connectivity index (χ2v) is 8.36. The first kappa shape index (κ1) is 20.9. The van der Waals surface area contributed by atoms with Gasteiger partial charge >= 0.3 is 6.18 Å². The Morgan fingerprint density at radius 3 is 2.72 bits per heavy atom. The molecule has 0 amide bonds. The zero-order valence-electron chi connectivity index (χ0n) is 17.6. The van der Waals surface area contributed by atoms with Crippen molar-refractivity contribution in [1.29, 1.82) is 0 Å². The molecule has 0 aliphatic carbocycles. The molecule has 10 heteroatoms. The predicted octanol–water partition coefficient (Wildman–Crippen LogP) is 3.71. The van der Waals surface area contributed by atoms with Crippen molar-refractivity contribution in [3.8, 4) is 0 Å². The van der Waals surface area contributed by atoms with Crippen molar-refractivity contribution in [2.24, 2.45) is 5.73 Å². The van der Waals surface area contributed by atoms with Gasteiger partial charge in [0.25, 0.3) is 0 Å². The maximum absolute atomic E-state index is 13.3. The van der Waals surface area contributed by atoms with Gasteiger partial charge in [-0.3, -0.25) is 0 Å². The van der Waals surface area contributed by atoms with E-state index in [1.165, 1.54) is 13.0 Å². The molecule has 0 radical (unpaired) electrons. The van der Waals surface area contributed by atoms with Crippen LogP contribution in [0.3, 0.4) is 0 Å². The van der Waals surface area contributed by atoms with E-state index in [1.807, 2.05) is 13.0 Å². The molecule has 2 saturated heterocycles. The Labute approximate surface area is 182 Å². The van der Waals surface area contributed by atoms with E-state index in [-0.39, 0.29) is 11.7 Å². The molecule has 0 saturated carbocycles. The van der Waals surface area contributed by atoms with E-state index in [2.05, 4.69) is 25.4 Å². The Kier molecular flexibility index (Phi) is 4.94. The van der Waals surface area contributed by atoms with Crippen LogP contribution in [0.1, 0.15) is 35.0 Å². The first-order valence-corrected chi connectivity index (χ1v) is 10.4. The van der Waals surface area contributed by atoms with Gasteiger partial charge < -0.3 is 20.7 Å². The second-order valence-electron chi connectivity index (χ2n) is 8.36. The van der Waals surface area contributed by atoms with E-state index in [9.17, 15) is 13.2 Å². The maximum Gasteiger partial charge on any atom is 0.416 e. The predicted molar refractivity (Wildman–Crippen MR) is 114 cm³/mol. The van der Waals surface area contributed by atoms with Crippen LogP contribution < -0.4 is 16.0 Å². The van der Waals surface area contributed by atoms with E-state index in [1.54, 1.807) is 12.3 Å². The summed E-state index contributed by atoms with van der Waals surface area (Å²) in [5.74, 6) is 1.21. The first-order chi connectivity index (χ1) is 15.2. The van der Waals surface area contributed by atoms with Crippen LogP contribution >= 0.6 is 0 Å². The van der Waals surface area contributed by atoms with Crippen molar-refractivity contribution in [2.45, 2.75) is 44.8 Å². The molecule has 32 heavy (non-hydrogen) atoms. The minimum Gasteiger partial charge on any atom is -0.374 e. The molecule has 2 fully saturated rings. The van der Waals surface area contributed by atoms with Crippen LogP contribution in [-0.2, 0) is 10.9 Å². The minimum absolute atomic E-state index is 0.0832. The summed E-state index contributed by atoms with van der Waals surface area (Å²) < 4.78 is 45.7. The molecule has 4 heterocycles. The van der Waals surface area contributed by atoms with Crippen molar-refractivity contribution < 1.29 is 17.9 Å². The van der Waals surface area contributed by atoms with Crippen molar-refractivity contribution in [1.82, 2.24) is 15.2 Å². The highest BCUT2D eigenvalue weighted by Gasteiger charge is 2.39.